The molecule has 130 valence electrons. The Labute approximate surface area is 155 Å². The van der Waals surface area contributed by atoms with Crippen molar-refractivity contribution < 1.29 is 13.9 Å². The van der Waals surface area contributed by atoms with Crippen LogP contribution in [0.1, 0.15) is 10.9 Å². The van der Waals surface area contributed by atoms with Gasteiger partial charge >= 0.3 is 0 Å². The maximum Gasteiger partial charge on any atom is 0.238 e. The fraction of sp³-hybridized carbons (Fsp3) is 0.0952. The molecule has 0 aromatic heterocycles. The largest absolute Gasteiger partial charge is 0.455 e. The van der Waals surface area contributed by atoms with Gasteiger partial charge in [0.05, 0.1) is 11.4 Å². The fourth-order valence-electron chi connectivity index (χ4n) is 2.92. The smallest absolute Gasteiger partial charge is 0.238 e. The van der Waals surface area contributed by atoms with Crippen LogP contribution in [0.5, 0.6) is 11.5 Å². The highest BCUT2D eigenvalue weighted by atomic mass is 32.2. The van der Waals surface area contributed by atoms with Crippen molar-refractivity contribution in [3.63, 3.8) is 0 Å². The van der Waals surface area contributed by atoms with E-state index in [1.807, 2.05) is 54.6 Å². The number of amides is 1. The second-order valence-corrected chi connectivity index (χ2v) is 6.93. The van der Waals surface area contributed by atoms with E-state index in [0.29, 0.717) is 22.9 Å². The van der Waals surface area contributed by atoms with Crippen LogP contribution in [0.25, 0.3) is 0 Å². The molecule has 3 aromatic rings. The van der Waals surface area contributed by atoms with E-state index >= 15 is 0 Å². The molecule has 1 aliphatic rings. The monoisotopic (exact) mass is 365 g/mol. The predicted octanol–water partition coefficient (Wildman–Crippen LogP) is 5.40. The third kappa shape index (κ3) is 3.30. The number of carbonyl (C=O) groups is 1. The second-order valence-electron chi connectivity index (χ2n) is 5.86. The molecule has 1 fully saturated rings. The first-order chi connectivity index (χ1) is 12.7. The Morgan fingerprint density at radius 1 is 0.923 bits per heavy atom. The lowest BCUT2D eigenvalue weighted by atomic mass is 10.1. The summed E-state index contributed by atoms with van der Waals surface area (Å²) in [5.74, 6) is 1.41. The van der Waals surface area contributed by atoms with E-state index in [4.69, 9.17) is 4.74 Å². The first kappa shape index (κ1) is 16.7. The van der Waals surface area contributed by atoms with Crippen LogP contribution in [-0.4, -0.2) is 11.7 Å². The Kier molecular flexibility index (Phi) is 4.63. The van der Waals surface area contributed by atoms with Gasteiger partial charge in [-0.1, -0.05) is 42.5 Å². The number of hydrogen-bond donors (Lipinski definition) is 0. The lowest BCUT2D eigenvalue weighted by Crippen LogP contribution is -2.28. The third-order valence-corrected chi connectivity index (χ3v) is 5.33. The zero-order chi connectivity index (χ0) is 17.9. The SMILES string of the molecule is O=C1CS[C@@H](c2ccc(F)cc2)N1c1ccccc1Oc1ccccc1. The van der Waals surface area contributed by atoms with Crippen molar-refractivity contribution in [1.82, 2.24) is 0 Å². The first-order valence-electron chi connectivity index (χ1n) is 8.23. The number of rotatable bonds is 4. The van der Waals surface area contributed by atoms with Crippen LogP contribution in [0.4, 0.5) is 10.1 Å². The predicted molar refractivity (Wildman–Crippen MR) is 102 cm³/mol. The van der Waals surface area contributed by atoms with Gasteiger partial charge in [-0.05, 0) is 42.0 Å². The van der Waals surface area contributed by atoms with Gasteiger partial charge < -0.3 is 4.74 Å². The topological polar surface area (TPSA) is 29.5 Å². The molecular formula is C21H16FNO2S. The summed E-state index contributed by atoms with van der Waals surface area (Å²) in [6.45, 7) is 0. The van der Waals surface area contributed by atoms with Crippen LogP contribution >= 0.6 is 11.8 Å². The van der Waals surface area contributed by atoms with Crippen LogP contribution in [-0.2, 0) is 4.79 Å². The number of ether oxygens (including phenoxy) is 1. The zero-order valence-corrected chi connectivity index (χ0v) is 14.7. The molecule has 0 spiro atoms. The molecule has 1 amide bonds. The van der Waals surface area contributed by atoms with Crippen molar-refractivity contribution in [3.05, 3.63) is 90.2 Å². The minimum Gasteiger partial charge on any atom is -0.455 e. The van der Waals surface area contributed by atoms with Crippen molar-refractivity contribution in [3.8, 4) is 11.5 Å². The van der Waals surface area contributed by atoms with E-state index in [2.05, 4.69) is 0 Å². The maximum atomic E-state index is 13.3. The molecule has 0 radical (unpaired) electrons. The Bertz CT molecular complexity index is 915. The van der Waals surface area contributed by atoms with E-state index in [1.54, 1.807) is 17.0 Å². The molecule has 1 atom stereocenters. The van der Waals surface area contributed by atoms with Crippen molar-refractivity contribution in [2.75, 3.05) is 10.7 Å². The van der Waals surface area contributed by atoms with Crippen molar-refractivity contribution >= 4 is 23.4 Å². The number of para-hydroxylation sites is 3. The molecule has 0 bridgehead atoms. The molecule has 3 aromatic carbocycles. The number of halogens is 1. The Hall–Kier alpha value is -2.79. The van der Waals surface area contributed by atoms with E-state index in [1.165, 1.54) is 23.9 Å². The minimum absolute atomic E-state index is 0.00781. The molecule has 1 aliphatic heterocycles. The first-order valence-corrected chi connectivity index (χ1v) is 9.28. The number of carbonyl (C=O) groups excluding carboxylic acids is 1. The Morgan fingerprint density at radius 2 is 1.62 bits per heavy atom. The molecule has 0 unspecified atom stereocenters. The van der Waals surface area contributed by atoms with Gasteiger partial charge in [0, 0.05) is 0 Å². The Morgan fingerprint density at radius 3 is 2.38 bits per heavy atom. The van der Waals surface area contributed by atoms with E-state index in [-0.39, 0.29) is 17.1 Å². The number of benzene rings is 3. The maximum absolute atomic E-state index is 13.3. The standard InChI is InChI=1S/C21H16FNO2S/c22-16-12-10-15(11-13-16)21-23(20(24)14-26-21)18-8-4-5-9-19(18)25-17-6-2-1-3-7-17/h1-13,21H,14H2/t21-/m0/s1. The molecule has 0 N–H and O–H groups in total. The van der Waals surface area contributed by atoms with E-state index in [0.717, 1.165) is 5.56 Å². The highest BCUT2D eigenvalue weighted by Crippen LogP contribution is 2.45. The molecular weight excluding hydrogens is 349 g/mol. The highest BCUT2D eigenvalue weighted by molar-refractivity contribution is 8.00. The second kappa shape index (κ2) is 7.22. The molecule has 0 aliphatic carbocycles. The van der Waals surface area contributed by atoms with Gasteiger partial charge in [0.15, 0.2) is 5.75 Å². The lowest BCUT2D eigenvalue weighted by molar-refractivity contribution is -0.115. The third-order valence-electron chi connectivity index (χ3n) is 4.12. The van der Waals surface area contributed by atoms with E-state index < -0.39 is 0 Å². The number of nitrogens with zero attached hydrogens (tertiary/aromatic N) is 1. The molecule has 3 nitrogen and oxygen atoms in total. The number of hydrogen-bond acceptors (Lipinski definition) is 3. The van der Waals surface area contributed by atoms with Gasteiger partial charge in [0.25, 0.3) is 0 Å². The quantitative estimate of drug-likeness (QED) is 0.620. The molecule has 1 heterocycles. The summed E-state index contributed by atoms with van der Waals surface area (Å²) >= 11 is 1.53. The highest BCUT2D eigenvalue weighted by Gasteiger charge is 2.35. The van der Waals surface area contributed by atoms with Gasteiger partial charge in [-0.2, -0.15) is 0 Å². The average Bonchev–Trinajstić information content (AvgIpc) is 3.05. The molecule has 4 rings (SSSR count). The Balaban J connectivity index is 1.71. The summed E-state index contributed by atoms with van der Waals surface area (Å²) in [7, 11) is 0. The van der Waals surface area contributed by atoms with Crippen LogP contribution in [0.15, 0.2) is 78.9 Å². The summed E-state index contributed by atoms with van der Waals surface area (Å²) in [6.07, 6.45) is 0. The van der Waals surface area contributed by atoms with E-state index in [9.17, 15) is 9.18 Å². The van der Waals surface area contributed by atoms with Gasteiger partial charge in [0.1, 0.15) is 16.9 Å². The summed E-state index contributed by atoms with van der Waals surface area (Å²) in [5.41, 5.74) is 1.59. The fourth-order valence-corrected chi connectivity index (χ4v) is 4.09. The molecule has 1 saturated heterocycles. The molecule has 5 heteroatoms. The summed E-state index contributed by atoms with van der Waals surface area (Å²) < 4.78 is 19.3. The van der Waals surface area contributed by atoms with Crippen LogP contribution in [0.2, 0.25) is 0 Å². The van der Waals surface area contributed by atoms with Crippen molar-refractivity contribution in [2.24, 2.45) is 0 Å². The van der Waals surface area contributed by atoms with Gasteiger partial charge in [-0.15, -0.1) is 11.8 Å². The number of thioether (sulfide) groups is 1. The van der Waals surface area contributed by atoms with Crippen molar-refractivity contribution in [2.45, 2.75) is 5.37 Å². The lowest BCUT2D eigenvalue weighted by Gasteiger charge is -2.26. The van der Waals surface area contributed by atoms with Gasteiger partial charge in [0.2, 0.25) is 5.91 Å². The molecule has 26 heavy (non-hydrogen) atoms. The summed E-state index contributed by atoms with van der Waals surface area (Å²) in [5, 5.41) is -0.205. The summed E-state index contributed by atoms with van der Waals surface area (Å²) in [6, 6.07) is 23.2. The minimum atomic E-state index is -0.289. The van der Waals surface area contributed by atoms with Gasteiger partial charge in [-0.3, -0.25) is 9.69 Å². The number of anilines is 1. The van der Waals surface area contributed by atoms with Crippen LogP contribution in [0, 0.1) is 5.82 Å². The average molecular weight is 365 g/mol. The normalized spacial score (nSPS) is 16.7. The van der Waals surface area contributed by atoms with Crippen LogP contribution < -0.4 is 9.64 Å². The van der Waals surface area contributed by atoms with Gasteiger partial charge in [-0.25, -0.2) is 4.39 Å². The zero-order valence-electron chi connectivity index (χ0n) is 13.8. The molecule has 0 saturated carbocycles. The van der Waals surface area contributed by atoms with Crippen molar-refractivity contribution in [1.29, 1.82) is 0 Å². The summed E-state index contributed by atoms with van der Waals surface area (Å²) in [4.78, 5) is 14.3. The van der Waals surface area contributed by atoms with Crippen LogP contribution in [0.3, 0.4) is 0 Å².